The second kappa shape index (κ2) is 4.59. The van der Waals surface area contributed by atoms with Crippen molar-refractivity contribution in [2.45, 2.75) is 6.92 Å². The van der Waals surface area contributed by atoms with Gasteiger partial charge in [-0.05, 0) is 17.7 Å². The van der Waals surface area contributed by atoms with Gasteiger partial charge in [0.2, 0.25) is 11.9 Å². The first-order valence-corrected chi connectivity index (χ1v) is 5.51. The number of imidazole rings is 1. The lowest BCUT2D eigenvalue weighted by molar-refractivity contribution is -0.114. The average Bonchev–Trinajstić information content (AvgIpc) is 2.61. The molecule has 0 bridgehead atoms. The van der Waals surface area contributed by atoms with E-state index in [0.717, 1.165) is 11.3 Å². The van der Waals surface area contributed by atoms with Crippen LogP contribution in [0.15, 0.2) is 30.5 Å². The van der Waals surface area contributed by atoms with Crippen molar-refractivity contribution in [3.05, 3.63) is 35.5 Å². The van der Waals surface area contributed by atoms with Crippen LogP contribution in [0.25, 0.3) is 11.3 Å². The van der Waals surface area contributed by atoms with Gasteiger partial charge in [0, 0.05) is 19.0 Å². The minimum absolute atomic E-state index is 0.138. The molecular weight excluding hydrogens is 238 g/mol. The fourth-order valence-corrected chi connectivity index (χ4v) is 1.70. The lowest BCUT2D eigenvalue weighted by Gasteiger charge is -2.06. The van der Waals surface area contributed by atoms with Crippen molar-refractivity contribution in [2.24, 2.45) is 7.05 Å². The van der Waals surface area contributed by atoms with Crippen LogP contribution < -0.4 is 5.32 Å². The number of benzene rings is 1. The van der Waals surface area contributed by atoms with E-state index < -0.39 is 0 Å². The summed E-state index contributed by atoms with van der Waals surface area (Å²) in [6.45, 7) is 1.46. The Hall–Kier alpha value is -1.81. The van der Waals surface area contributed by atoms with Crippen LogP contribution in [-0.4, -0.2) is 15.5 Å². The fraction of sp³-hybridized carbons (Fsp3) is 0.167. The molecule has 0 saturated carbocycles. The molecule has 0 atom stereocenters. The highest BCUT2D eigenvalue weighted by Gasteiger charge is 2.08. The van der Waals surface area contributed by atoms with Crippen molar-refractivity contribution < 1.29 is 4.79 Å². The van der Waals surface area contributed by atoms with Crippen LogP contribution in [0.3, 0.4) is 0 Å². The molecule has 1 amide bonds. The van der Waals surface area contributed by atoms with Gasteiger partial charge in [-0.25, -0.2) is 4.98 Å². The summed E-state index contributed by atoms with van der Waals surface area (Å²) >= 11 is 5.83. The Bertz CT molecular complexity index is 545. The number of carbonyl (C=O) groups is 1. The number of nitrogens with one attached hydrogen (secondary N) is 1. The molecule has 1 aromatic carbocycles. The van der Waals surface area contributed by atoms with Gasteiger partial charge >= 0.3 is 0 Å². The number of amides is 1. The predicted octanol–water partition coefficient (Wildman–Crippen LogP) is 2.70. The minimum Gasteiger partial charge on any atom is -0.313 e. The zero-order valence-corrected chi connectivity index (χ0v) is 10.3. The zero-order valence-electron chi connectivity index (χ0n) is 9.57. The maximum atomic E-state index is 11.0. The molecule has 2 rings (SSSR count). The minimum atomic E-state index is -0.138. The van der Waals surface area contributed by atoms with Gasteiger partial charge in [0.1, 0.15) is 0 Å². The largest absolute Gasteiger partial charge is 0.313 e. The molecule has 0 aliphatic heterocycles. The first-order valence-electron chi connectivity index (χ1n) is 5.13. The van der Waals surface area contributed by atoms with Crippen molar-refractivity contribution in [2.75, 3.05) is 5.32 Å². The monoisotopic (exact) mass is 249 g/mol. The highest BCUT2D eigenvalue weighted by Crippen LogP contribution is 2.23. The number of carbonyl (C=O) groups excluding carboxylic acids is 1. The SMILES string of the molecule is CC(=O)Nc1ncc(-c2ccc(Cl)cc2)n1C. The van der Waals surface area contributed by atoms with Gasteiger partial charge in [0.15, 0.2) is 0 Å². The molecule has 1 N–H and O–H groups in total. The van der Waals surface area contributed by atoms with E-state index in [4.69, 9.17) is 11.6 Å². The summed E-state index contributed by atoms with van der Waals surface area (Å²) in [5, 5.41) is 3.35. The molecule has 88 valence electrons. The van der Waals surface area contributed by atoms with Gasteiger partial charge in [0.25, 0.3) is 0 Å². The Balaban J connectivity index is 2.37. The van der Waals surface area contributed by atoms with Gasteiger partial charge in [-0.1, -0.05) is 23.7 Å². The summed E-state index contributed by atoms with van der Waals surface area (Å²) in [5.41, 5.74) is 1.92. The molecule has 1 heterocycles. The van der Waals surface area contributed by atoms with Crippen molar-refractivity contribution in [3.63, 3.8) is 0 Å². The molecule has 0 aliphatic rings. The highest BCUT2D eigenvalue weighted by atomic mass is 35.5. The quantitative estimate of drug-likeness (QED) is 0.890. The van der Waals surface area contributed by atoms with Crippen molar-refractivity contribution in [1.82, 2.24) is 9.55 Å². The number of rotatable bonds is 2. The van der Waals surface area contributed by atoms with Crippen LogP contribution in [0.1, 0.15) is 6.92 Å². The van der Waals surface area contributed by atoms with Gasteiger partial charge in [-0.15, -0.1) is 0 Å². The molecule has 2 aromatic rings. The second-order valence-electron chi connectivity index (χ2n) is 3.71. The third-order valence-electron chi connectivity index (χ3n) is 2.42. The van der Waals surface area contributed by atoms with E-state index in [9.17, 15) is 4.79 Å². The van der Waals surface area contributed by atoms with E-state index in [2.05, 4.69) is 10.3 Å². The van der Waals surface area contributed by atoms with E-state index >= 15 is 0 Å². The van der Waals surface area contributed by atoms with Crippen LogP contribution >= 0.6 is 11.6 Å². The van der Waals surface area contributed by atoms with Gasteiger partial charge in [-0.2, -0.15) is 0 Å². The third kappa shape index (κ3) is 2.47. The number of hydrogen-bond donors (Lipinski definition) is 1. The number of halogens is 1. The Morgan fingerprint density at radius 3 is 2.59 bits per heavy atom. The first kappa shape index (κ1) is 11.7. The lowest BCUT2D eigenvalue weighted by Crippen LogP contribution is -2.10. The summed E-state index contributed by atoms with van der Waals surface area (Å²) in [5.74, 6) is 0.392. The Kier molecular flexibility index (Phi) is 3.15. The van der Waals surface area contributed by atoms with Crippen molar-refractivity contribution in [3.8, 4) is 11.3 Å². The Morgan fingerprint density at radius 2 is 2.00 bits per heavy atom. The third-order valence-corrected chi connectivity index (χ3v) is 2.67. The van der Waals surface area contributed by atoms with Crippen LogP contribution in [0.2, 0.25) is 5.02 Å². The number of anilines is 1. The highest BCUT2D eigenvalue weighted by molar-refractivity contribution is 6.30. The van der Waals surface area contributed by atoms with E-state index in [1.54, 1.807) is 6.20 Å². The predicted molar refractivity (Wildman–Crippen MR) is 68.0 cm³/mol. The molecule has 0 saturated heterocycles. The molecule has 17 heavy (non-hydrogen) atoms. The van der Waals surface area contributed by atoms with Gasteiger partial charge in [-0.3, -0.25) is 10.1 Å². The topological polar surface area (TPSA) is 46.9 Å². The fourth-order valence-electron chi connectivity index (χ4n) is 1.57. The normalized spacial score (nSPS) is 10.3. The van der Waals surface area contributed by atoms with E-state index in [-0.39, 0.29) is 5.91 Å². The number of hydrogen-bond acceptors (Lipinski definition) is 2. The van der Waals surface area contributed by atoms with E-state index in [0.29, 0.717) is 11.0 Å². The maximum Gasteiger partial charge on any atom is 0.223 e. The van der Waals surface area contributed by atoms with Crippen LogP contribution in [0.4, 0.5) is 5.95 Å². The number of aromatic nitrogens is 2. The van der Waals surface area contributed by atoms with Crippen LogP contribution in [-0.2, 0) is 11.8 Å². The summed E-state index contributed by atoms with van der Waals surface area (Å²) in [7, 11) is 1.85. The first-order chi connectivity index (χ1) is 8.08. The van der Waals surface area contributed by atoms with Crippen LogP contribution in [0.5, 0.6) is 0 Å². The smallest absolute Gasteiger partial charge is 0.223 e. The molecule has 5 heteroatoms. The molecule has 0 fully saturated rings. The zero-order chi connectivity index (χ0) is 12.4. The summed E-state index contributed by atoms with van der Waals surface area (Å²) < 4.78 is 1.82. The Labute approximate surface area is 104 Å². The second-order valence-corrected chi connectivity index (χ2v) is 4.15. The van der Waals surface area contributed by atoms with Crippen molar-refractivity contribution in [1.29, 1.82) is 0 Å². The average molecular weight is 250 g/mol. The molecule has 0 radical (unpaired) electrons. The van der Waals surface area contributed by atoms with Gasteiger partial charge in [0.05, 0.1) is 11.9 Å². The van der Waals surface area contributed by atoms with Crippen LogP contribution in [0, 0.1) is 0 Å². The van der Waals surface area contributed by atoms with E-state index in [1.807, 2.05) is 35.9 Å². The molecule has 1 aromatic heterocycles. The standard InChI is InChI=1S/C12H12ClN3O/c1-8(17)15-12-14-7-11(16(12)2)9-3-5-10(13)6-4-9/h3-7H,1-2H3,(H,14,15,17). The molecule has 0 unspecified atom stereocenters. The van der Waals surface area contributed by atoms with Gasteiger partial charge < -0.3 is 4.57 Å². The van der Waals surface area contributed by atoms with E-state index in [1.165, 1.54) is 6.92 Å². The summed E-state index contributed by atoms with van der Waals surface area (Å²) in [4.78, 5) is 15.1. The molecule has 4 nitrogen and oxygen atoms in total. The maximum absolute atomic E-state index is 11.0. The van der Waals surface area contributed by atoms with Crippen molar-refractivity contribution >= 4 is 23.5 Å². The number of nitrogens with zero attached hydrogens (tertiary/aromatic N) is 2. The molecular formula is C12H12ClN3O. The molecule has 0 aliphatic carbocycles. The molecule has 0 spiro atoms. The summed E-state index contributed by atoms with van der Waals surface area (Å²) in [6, 6.07) is 7.47. The lowest BCUT2D eigenvalue weighted by atomic mass is 10.2. The Morgan fingerprint density at radius 1 is 1.35 bits per heavy atom. The summed E-state index contributed by atoms with van der Waals surface area (Å²) in [6.07, 6.45) is 1.72.